The van der Waals surface area contributed by atoms with E-state index in [2.05, 4.69) is 10.1 Å². The van der Waals surface area contributed by atoms with E-state index in [1.165, 1.54) is 0 Å². The van der Waals surface area contributed by atoms with E-state index in [4.69, 9.17) is 9.26 Å². The van der Waals surface area contributed by atoms with Crippen LogP contribution < -0.4 is 4.74 Å². The third-order valence-corrected chi connectivity index (χ3v) is 3.97. The van der Waals surface area contributed by atoms with E-state index in [9.17, 15) is 5.11 Å². The molecule has 1 aliphatic heterocycles. The molecule has 1 fully saturated rings. The first-order valence-corrected chi connectivity index (χ1v) is 7.20. The molecule has 21 heavy (non-hydrogen) atoms. The number of hydrogen-bond acceptors (Lipinski definition) is 5. The zero-order chi connectivity index (χ0) is 14.8. The van der Waals surface area contributed by atoms with E-state index in [1.54, 1.807) is 13.2 Å². The topological polar surface area (TPSA) is 58.7 Å². The maximum absolute atomic E-state index is 9.67. The largest absolute Gasteiger partial charge is 0.504 e. The van der Waals surface area contributed by atoms with Crippen LogP contribution in [0.15, 0.2) is 28.8 Å². The molecule has 1 aliphatic rings. The van der Waals surface area contributed by atoms with Crippen molar-refractivity contribution in [3.8, 4) is 11.5 Å². The zero-order valence-electron chi connectivity index (χ0n) is 12.4. The monoisotopic (exact) mass is 288 g/mol. The van der Waals surface area contributed by atoms with E-state index in [0.717, 1.165) is 42.9 Å². The molecule has 1 saturated heterocycles. The van der Waals surface area contributed by atoms with E-state index in [1.807, 2.05) is 25.1 Å². The molecule has 1 aromatic carbocycles. The molecule has 5 nitrogen and oxygen atoms in total. The highest BCUT2D eigenvalue weighted by Crippen LogP contribution is 2.34. The summed E-state index contributed by atoms with van der Waals surface area (Å²) in [5.74, 6) is 1.62. The Bertz CT molecular complexity index is 624. The van der Waals surface area contributed by atoms with Crippen LogP contribution in [0.4, 0.5) is 0 Å². The van der Waals surface area contributed by atoms with Gasteiger partial charge in [-0.25, -0.2) is 0 Å². The van der Waals surface area contributed by atoms with Gasteiger partial charge in [-0.15, -0.1) is 0 Å². The number of rotatable bonds is 4. The number of phenolic OH excluding ortho intramolecular Hbond substituents is 1. The average Bonchev–Trinajstić information content (AvgIpc) is 3.09. The maximum atomic E-state index is 9.67. The summed E-state index contributed by atoms with van der Waals surface area (Å²) in [5.41, 5.74) is 2.04. The molecule has 0 bridgehead atoms. The summed E-state index contributed by atoms with van der Waals surface area (Å²) in [7, 11) is 1.56. The summed E-state index contributed by atoms with van der Waals surface area (Å²) in [6.45, 7) is 3.78. The van der Waals surface area contributed by atoms with Crippen molar-refractivity contribution < 1.29 is 14.4 Å². The smallest absolute Gasteiger partial charge is 0.160 e. The van der Waals surface area contributed by atoms with Crippen molar-refractivity contribution in [3.05, 3.63) is 41.3 Å². The highest BCUT2D eigenvalue weighted by molar-refractivity contribution is 5.41. The SMILES string of the molecule is COc1cc(CN2CCCC2c2cc(C)no2)ccc1O. The average molecular weight is 288 g/mol. The van der Waals surface area contributed by atoms with Crippen LogP contribution in [0.3, 0.4) is 0 Å². The number of aryl methyl sites for hydroxylation is 1. The third kappa shape index (κ3) is 2.88. The normalized spacial score (nSPS) is 19.0. The Hall–Kier alpha value is -2.01. The fraction of sp³-hybridized carbons (Fsp3) is 0.438. The van der Waals surface area contributed by atoms with Crippen molar-refractivity contribution in [1.29, 1.82) is 0 Å². The first kappa shape index (κ1) is 13.9. The number of benzene rings is 1. The molecular weight excluding hydrogens is 268 g/mol. The molecule has 0 aliphatic carbocycles. The van der Waals surface area contributed by atoms with Crippen LogP contribution in [-0.4, -0.2) is 28.8 Å². The molecule has 1 N–H and O–H groups in total. The van der Waals surface area contributed by atoms with Crippen molar-refractivity contribution >= 4 is 0 Å². The Morgan fingerprint density at radius 2 is 2.29 bits per heavy atom. The van der Waals surface area contributed by atoms with Gasteiger partial charge in [0.15, 0.2) is 17.3 Å². The lowest BCUT2D eigenvalue weighted by atomic mass is 10.1. The summed E-state index contributed by atoms with van der Waals surface area (Å²) < 4.78 is 10.6. The summed E-state index contributed by atoms with van der Waals surface area (Å²) >= 11 is 0. The maximum Gasteiger partial charge on any atom is 0.160 e. The minimum absolute atomic E-state index is 0.171. The lowest BCUT2D eigenvalue weighted by Gasteiger charge is -2.22. The number of hydrogen-bond donors (Lipinski definition) is 1. The second-order valence-corrected chi connectivity index (χ2v) is 5.51. The second-order valence-electron chi connectivity index (χ2n) is 5.51. The molecule has 3 rings (SSSR count). The molecule has 112 valence electrons. The van der Waals surface area contributed by atoms with E-state index in [-0.39, 0.29) is 11.8 Å². The van der Waals surface area contributed by atoms with Crippen LogP contribution in [0.2, 0.25) is 0 Å². The zero-order valence-corrected chi connectivity index (χ0v) is 12.4. The van der Waals surface area contributed by atoms with Crippen molar-refractivity contribution in [2.75, 3.05) is 13.7 Å². The number of aromatic nitrogens is 1. The minimum Gasteiger partial charge on any atom is -0.504 e. The number of methoxy groups -OCH3 is 1. The highest BCUT2D eigenvalue weighted by atomic mass is 16.5. The molecule has 1 aromatic heterocycles. The highest BCUT2D eigenvalue weighted by Gasteiger charge is 2.29. The van der Waals surface area contributed by atoms with Gasteiger partial charge in [0.05, 0.1) is 18.8 Å². The fourth-order valence-electron chi connectivity index (χ4n) is 2.93. The van der Waals surface area contributed by atoms with E-state index >= 15 is 0 Å². The first-order chi connectivity index (χ1) is 10.2. The first-order valence-electron chi connectivity index (χ1n) is 7.20. The molecule has 5 heteroatoms. The van der Waals surface area contributed by atoms with Crippen LogP contribution in [0.25, 0.3) is 0 Å². The summed E-state index contributed by atoms with van der Waals surface area (Å²) in [6, 6.07) is 7.79. The summed E-state index contributed by atoms with van der Waals surface area (Å²) in [5, 5.41) is 13.7. The van der Waals surface area contributed by atoms with E-state index in [0.29, 0.717) is 5.75 Å². The molecule has 1 atom stereocenters. The van der Waals surface area contributed by atoms with Gasteiger partial charge in [0.2, 0.25) is 0 Å². The van der Waals surface area contributed by atoms with Crippen molar-refractivity contribution in [2.24, 2.45) is 0 Å². The Labute approximate surface area is 124 Å². The van der Waals surface area contributed by atoms with Gasteiger partial charge in [-0.05, 0) is 44.0 Å². The summed E-state index contributed by atoms with van der Waals surface area (Å²) in [4.78, 5) is 2.38. The predicted molar refractivity (Wildman–Crippen MR) is 78.3 cm³/mol. The van der Waals surface area contributed by atoms with Crippen LogP contribution in [-0.2, 0) is 6.54 Å². The molecule has 1 unspecified atom stereocenters. The molecule has 0 radical (unpaired) electrons. The minimum atomic E-state index is 0.171. The summed E-state index contributed by atoms with van der Waals surface area (Å²) in [6.07, 6.45) is 2.24. The standard InChI is InChI=1S/C16H20N2O3/c1-11-8-15(21-17-11)13-4-3-7-18(13)10-12-5-6-14(19)16(9-12)20-2/h5-6,8-9,13,19H,3-4,7,10H2,1-2H3. The second kappa shape index (κ2) is 5.77. The van der Waals surface area contributed by atoms with Crippen LogP contribution in [0, 0.1) is 6.92 Å². The number of nitrogens with zero attached hydrogens (tertiary/aromatic N) is 2. The van der Waals surface area contributed by atoms with Gasteiger partial charge in [-0.2, -0.15) is 0 Å². The fourth-order valence-corrected chi connectivity index (χ4v) is 2.93. The number of aromatic hydroxyl groups is 1. The van der Waals surface area contributed by atoms with Crippen LogP contribution in [0.5, 0.6) is 11.5 Å². The van der Waals surface area contributed by atoms with Gasteiger partial charge in [-0.1, -0.05) is 11.2 Å². The van der Waals surface area contributed by atoms with Crippen molar-refractivity contribution in [2.45, 2.75) is 32.4 Å². The van der Waals surface area contributed by atoms with Gasteiger partial charge in [0, 0.05) is 12.6 Å². The van der Waals surface area contributed by atoms with E-state index < -0.39 is 0 Å². The quantitative estimate of drug-likeness (QED) is 0.937. The molecular formula is C16H20N2O3. The molecule has 0 amide bonds. The van der Waals surface area contributed by atoms with Gasteiger partial charge in [0.25, 0.3) is 0 Å². The van der Waals surface area contributed by atoms with Gasteiger partial charge in [0.1, 0.15) is 0 Å². The lowest BCUT2D eigenvalue weighted by Crippen LogP contribution is -2.22. The lowest BCUT2D eigenvalue weighted by molar-refractivity contribution is 0.206. The van der Waals surface area contributed by atoms with Crippen molar-refractivity contribution in [1.82, 2.24) is 10.1 Å². The Morgan fingerprint density at radius 1 is 1.43 bits per heavy atom. The van der Waals surface area contributed by atoms with Gasteiger partial charge >= 0.3 is 0 Å². The molecule has 0 spiro atoms. The number of ether oxygens (including phenoxy) is 1. The van der Waals surface area contributed by atoms with Crippen molar-refractivity contribution in [3.63, 3.8) is 0 Å². The number of likely N-dealkylation sites (tertiary alicyclic amines) is 1. The Morgan fingerprint density at radius 3 is 3.00 bits per heavy atom. The number of phenols is 1. The van der Waals surface area contributed by atoms with Crippen LogP contribution in [0.1, 0.15) is 35.9 Å². The molecule has 2 heterocycles. The molecule has 2 aromatic rings. The van der Waals surface area contributed by atoms with Gasteiger partial charge < -0.3 is 14.4 Å². The van der Waals surface area contributed by atoms with Crippen LogP contribution >= 0.6 is 0 Å². The Kier molecular flexibility index (Phi) is 3.84. The predicted octanol–water partition coefficient (Wildman–Crippen LogP) is 3.03. The molecule has 0 saturated carbocycles. The Balaban J connectivity index is 1.77. The van der Waals surface area contributed by atoms with Gasteiger partial charge in [-0.3, -0.25) is 4.90 Å². The third-order valence-electron chi connectivity index (χ3n) is 3.97.